The quantitative estimate of drug-likeness (QED) is 0.776. The van der Waals surface area contributed by atoms with Crippen LogP contribution in [0, 0.1) is 11.3 Å². The van der Waals surface area contributed by atoms with Gasteiger partial charge in [0, 0.05) is 5.56 Å². The molecule has 100 valence electrons. The van der Waals surface area contributed by atoms with Crippen molar-refractivity contribution in [1.82, 2.24) is 0 Å². The molecule has 1 unspecified atom stereocenters. The molecular weight excluding hydrogens is 264 g/mol. The summed E-state index contributed by atoms with van der Waals surface area (Å²) in [5.74, 6) is -2.28. The fraction of sp³-hybridized carbons (Fsp3) is 0.182. The number of aliphatic hydroxyl groups excluding tert-OH is 1. The van der Waals surface area contributed by atoms with E-state index in [1.54, 1.807) is 6.07 Å². The first-order chi connectivity index (χ1) is 8.90. The van der Waals surface area contributed by atoms with E-state index in [2.05, 4.69) is 4.74 Å². The van der Waals surface area contributed by atoms with Crippen LogP contribution in [0.25, 0.3) is 0 Å². The molecule has 0 radical (unpaired) electrons. The average Bonchev–Trinajstić information content (AvgIpc) is 2.36. The maximum atomic E-state index is 12.1. The molecule has 0 aliphatic carbocycles. The number of hydrogen-bond acceptors (Lipinski definition) is 5. The van der Waals surface area contributed by atoms with E-state index in [0.29, 0.717) is 0 Å². The summed E-state index contributed by atoms with van der Waals surface area (Å²) in [5.41, 5.74) is -1.10. The van der Waals surface area contributed by atoms with Crippen LogP contribution in [0.5, 0.6) is 5.75 Å². The van der Waals surface area contributed by atoms with Crippen LogP contribution in [0.3, 0.4) is 0 Å². The fourth-order valence-electron chi connectivity index (χ4n) is 1.36. The third kappa shape index (κ3) is 3.23. The molecule has 1 atom stereocenters. The number of alkyl halides is 2. The number of carboxylic acids is 1. The van der Waals surface area contributed by atoms with Crippen molar-refractivity contribution in [2.75, 3.05) is 0 Å². The number of ether oxygens (including phenoxy) is 1. The van der Waals surface area contributed by atoms with Crippen molar-refractivity contribution in [2.24, 2.45) is 0 Å². The summed E-state index contributed by atoms with van der Waals surface area (Å²) < 4.78 is 28.3. The number of aliphatic carboxylic acids is 1. The van der Waals surface area contributed by atoms with E-state index < -0.39 is 30.0 Å². The van der Waals surface area contributed by atoms with Gasteiger partial charge in [-0.15, -0.1) is 0 Å². The van der Waals surface area contributed by atoms with Crippen molar-refractivity contribution in [3.63, 3.8) is 0 Å². The second-order valence-electron chi connectivity index (χ2n) is 3.33. The molecule has 0 heterocycles. The van der Waals surface area contributed by atoms with E-state index in [9.17, 15) is 23.5 Å². The van der Waals surface area contributed by atoms with E-state index in [4.69, 9.17) is 10.4 Å². The number of aldehydes is 1. The van der Waals surface area contributed by atoms with Crippen molar-refractivity contribution in [3.8, 4) is 11.8 Å². The summed E-state index contributed by atoms with van der Waals surface area (Å²) in [4.78, 5) is 21.3. The van der Waals surface area contributed by atoms with Crippen LogP contribution in [0.15, 0.2) is 12.1 Å². The molecule has 0 bridgehead atoms. The lowest BCUT2D eigenvalue weighted by molar-refractivity contribution is -0.146. The number of nitrogens with zero attached hydrogens (tertiary/aromatic N) is 1. The van der Waals surface area contributed by atoms with Gasteiger partial charge in [-0.3, -0.25) is 4.79 Å². The molecule has 0 aliphatic heterocycles. The first kappa shape index (κ1) is 14.5. The highest BCUT2D eigenvalue weighted by atomic mass is 19.3. The van der Waals surface area contributed by atoms with Crippen molar-refractivity contribution in [3.05, 3.63) is 28.8 Å². The number of nitriles is 1. The highest BCUT2D eigenvalue weighted by Crippen LogP contribution is 2.28. The number of rotatable bonds is 5. The summed E-state index contributed by atoms with van der Waals surface area (Å²) in [6.07, 6.45) is -1.91. The van der Waals surface area contributed by atoms with Crippen molar-refractivity contribution < 1.29 is 33.3 Å². The molecule has 8 heteroatoms. The number of aliphatic hydroxyl groups is 1. The van der Waals surface area contributed by atoms with Crippen LogP contribution in [-0.4, -0.2) is 29.1 Å². The van der Waals surface area contributed by atoms with Gasteiger partial charge in [0.2, 0.25) is 0 Å². The minimum Gasteiger partial charge on any atom is -0.479 e. The molecule has 1 rings (SSSR count). The van der Waals surface area contributed by atoms with Gasteiger partial charge in [0.05, 0.1) is 17.2 Å². The molecule has 1 aromatic carbocycles. The van der Waals surface area contributed by atoms with Crippen LogP contribution in [-0.2, 0) is 4.79 Å². The largest absolute Gasteiger partial charge is 0.479 e. The van der Waals surface area contributed by atoms with Crippen LogP contribution >= 0.6 is 0 Å². The number of benzene rings is 1. The molecule has 2 N–H and O–H groups in total. The van der Waals surface area contributed by atoms with Crippen molar-refractivity contribution in [1.29, 1.82) is 5.26 Å². The Morgan fingerprint density at radius 2 is 2.11 bits per heavy atom. The van der Waals surface area contributed by atoms with Gasteiger partial charge in [0.25, 0.3) is 0 Å². The third-order valence-corrected chi connectivity index (χ3v) is 2.17. The van der Waals surface area contributed by atoms with Crippen LogP contribution in [0.1, 0.15) is 27.6 Å². The second kappa shape index (κ2) is 5.88. The van der Waals surface area contributed by atoms with E-state index in [1.807, 2.05) is 0 Å². The number of carbonyl (C=O) groups is 2. The normalized spacial score (nSPS) is 11.7. The Morgan fingerprint density at radius 1 is 1.47 bits per heavy atom. The zero-order chi connectivity index (χ0) is 14.6. The first-order valence-corrected chi connectivity index (χ1v) is 4.79. The second-order valence-corrected chi connectivity index (χ2v) is 3.33. The molecule has 0 saturated heterocycles. The minimum absolute atomic E-state index is 0.176. The molecule has 19 heavy (non-hydrogen) atoms. The zero-order valence-corrected chi connectivity index (χ0v) is 9.21. The van der Waals surface area contributed by atoms with Crippen molar-refractivity contribution >= 4 is 12.3 Å². The summed E-state index contributed by atoms with van der Waals surface area (Å²) in [7, 11) is 0. The van der Waals surface area contributed by atoms with Gasteiger partial charge in [0.15, 0.2) is 12.4 Å². The molecule has 0 spiro atoms. The summed E-state index contributed by atoms with van der Waals surface area (Å²) in [5, 5.41) is 26.8. The average molecular weight is 271 g/mol. The third-order valence-electron chi connectivity index (χ3n) is 2.17. The van der Waals surface area contributed by atoms with Gasteiger partial charge in [0.1, 0.15) is 5.75 Å². The van der Waals surface area contributed by atoms with Crippen LogP contribution in [0.2, 0.25) is 0 Å². The number of halogens is 2. The van der Waals surface area contributed by atoms with Crippen LogP contribution in [0.4, 0.5) is 8.78 Å². The smallest absolute Gasteiger partial charge is 0.387 e. The SMILES string of the molecule is N#Cc1cc(C=O)c(OC(F)F)cc1C(O)C(=O)O. The molecule has 0 aromatic heterocycles. The summed E-state index contributed by atoms with van der Waals surface area (Å²) >= 11 is 0. The fourth-order valence-corrected chi connectivity index (χ4v) is 1.36. The molecule has 0 saturated carbocycles. The standard InChI is InChI=1S/C11H7F2NO5/c12-11(13)19-8-2-7(9(16)10(17)18)5(3-14)1-6(8)4-15/h1-2,4,9,11,16H,(H,17,18). The molecule has 1 aromatic rings. The maximum absolute atomic E-state index is 12.1. The molecule has 6 nitrogen and oxygen atoms in total. The van der Waals surface area contributed by atoms with Gasteiger partial charge >= 0.3 is 12.6 Å². The molecule has 0 amide bonds. The lowest BCUT2D eigenvalue weighted by Crippen LogP contribution is -2.13. The van der Waals surface area contributed by atoms with E-state index in [-0.39, 0.29) is 17.4 Å². The lowest BCUT2D eigenvalue weighted by Gasteiger charge is -2.13. The molecular formula is C11H7F2NO5. The maximum Gasteiger partial charge on any atom is 0.387 e. The Kier molecular flexibility index (Phi) is 4.50. The Hall–Kier alpha value is -2.53. The van der Waals surface area contributed by atoms with Gasteiger partial charge in [-0.25, -0.2) is 4.79 Å². The monoisotopic (exact) mass is 271 g/mol. The van der Waals surface area contributed by atoms with E-state index in [0.717, 1.165) is 12.1 Å². The zero-order valence-electron chi connectivity index (χ0n) is 9.21. The predicted octanol–water partition coefficient (Wildman–Crippen LogP) is 1.09. The Labute approximate surface area is 105 Å². The minimum atomic E-state index is -3.23. The lowest BCUT2D eigenvalue weighted by atomic mass is 10.00. The van der Waals surface area contributed by atoms with E-state index >= 15 is 0 Å². The summed E-state index contributed by atoms with van der Waals surface area (Å²) in [6, 6.07) is 3.16. The first-order valence-electron chi connectivity index (χ1n) is 4.79. The van der Waals surface area contributed by atoms with Gasteiger partial charge in [-0.2, -0.15) is 14.0 Å². The van der Waals surface area contributed by atoms with Gasteiger partial charge < -0.3 is 14.9 Å². The Balaban J connectivity index is 3.42. The Bertz CT molecular complexity index is 553. The molecule has 0 aliphatic rings. The highest BCUT2D eigenvalue weighted by molar-refractivity contribution is 5.82. The highest BCUT2D eigenvalue weighted by Gasteiger charge is 2.23. The molecule has 0 fully saturated rings. The summed E-state index contributed by atoms with van der Waals surface area (Å²) in [6.45, 7) is -3.23. The number of hydrogen-bond donors (Lipinski definition) is 2. The Morgan fingerprint density at radius 3 is 2.53 bits per heavy atom. The topological polar surface area (TPSA) is 108 Å². The van der Waals surface area contributed by atoms with E-state index in [1.165, 1.54) is 0 Å². The number of carbonyl (C=O) groups excluding carboxylic acids is 1. The van der Waals surface area contributed by atoms with Gasteiger partial charge in [-0.1, -0.05) is 0 Å². The van der Waals surface area contributed by atoms with Crippen molar-refractivity contribution in [2.45, 2.75) is 12.7 Å². The number of carboxylic acid groups (broad SMARTS) is 1. The van der Waals surface area contributed by atoms with Crippen LogP contribution < -0.4 is 4.74 Å². The van der Waals surface area contributed by atoms with Gasteiger partial charge in [-0.05, 0) is 12.1 Å². The predicted molar refractivity (Wildman–Crippen MR) is 55.8 cm³/mol.